The summed E-state index contributed by atoms with van der Waals surface area (Å²) in [7, 11) is 0. The number of aliphatic hydroxyl groups excluding tert-OH is 1. The average Bonchev–Trinajstić information content (AvgIpc) is 2.20. The number of ether oxygens (including phenoxy) is 1. The summed E-state index contributed by atoms with van der Waals surface area (Å²) in [5.41, 5.74) is -0.672. The Balaban J connectivity index is 4.60. The van der Waals surface area contributed by atoms with Crippen molar-refractivity contribution >= 4 is 12.1 Å². The monoisotopic (exact) mass is 245 g/mol. The molecule has 0 aliphatic carbocycles. The second-order valence-electron chi connectivity index (χ2n) is 4.66. The molecule has 1 amide bonds. The Morgan fingerprint density at radius 1 is 1.47 bits per heavy atom. The van der Waals surface area contributed by atoms with Crippen molar-refractivity contribution in [3.8, 4) is 0 Å². The van der Waals surface area contributed by atoms with Crippen LogP contribution in [-0.4, -0.2) is 41.0 Å². The van der Waals surface area contributed by atoms with Gasteiger partial charge in [-0.2, -0.15) is 0 Å². The highest BCUT2D eigenvalue weighted by Crippen LogP contribution is 2.22. The summed E-state index contributed by atoms with van der Waals surface area (Å²) in [6, 6.07) is -1.41. The zero-order valence-corrected chi connectivity index (χ0v) is 10.3. The van der Waals surface area contributed by atoms with Gasteiger partial charge in [0.25, 0.3) is 0 Å². The molecule has 17 heavy (non-hydrogen) atoms. The van der Waals surface area contributed by atoms with Crippen LogP contribution in [0.4, 0.5) is 4.79 Å². The van der Waals surface area contributed by atoms with Crippen molar-refractivity contribution in [1.29, 1.82) is 0 Å². The van der Waals surface area contributed by atoms with Gasteiger partial charge in [0.1, 0.15) is 6.61 Å². The Kier molecular flexibility index (Phi) is 5.67. The van der Waals surface area contributed by atoms with E-state index in [1.165, 1.54) is 6.08 Å². The van der Waals surface area contributed by atoms with Gasteiger partial charge in [0.15, 0.2) is 6.04 Å². The summed E-state index contributed by atoms with van der Waals surface area (Å²) >= 11 is 0. The van der Waals surface area contributed by atoms with Crippen molar-refractivity contribution in [1.82, 2.24) is 5.32 Å². The van der Waals surface area contributed by atoms with E-state index in [2.05, 4.69) is 16.6 Å². The van der Waals surface area contributed by atoms with Gasteiger partial charge in [0, 0.05) is 0 Å². The van der Waals surface area contributed by atoms with Crippen LogP contribution in [0.3, 0.4) is 0 Å². The molecular weight excluding hydrogens is 226 g/mol. The molecule has 2 unspecified atom stereocenters. The lowest BCUT2D eigenvalue weighted by Crippen LogP contribution is -2.53. The van der Waals surface area contributed by atoms with Gasteiger partial charge < -0.3 is 20.3 Å². The fraction of sp³-hybridized carbons (Fsp3) is 0.636. The van der Waals surface area contributed by atoms with Gasteiger partial charge in [0.05, 0.1) is 6.10 Å². The van der Waals surface area contributed by atoms with Crippen molar-refractivity contribution in [3.63, 3.8) is 0 Å². The summed E-state index contributed by atoms with van der Waals surface area (Å²) in [5.74, 6) is -1.32. The molecule has 0 aliphatic heterocycles. The number of aliphatic hydroxyl groups is 1. The third-order valence-corrected chi connectivity index (χ3v) is 2.07. The maximum atomic E-state index is 11.2. The van der Waals surface area contributed by atoms with Crippen molar-refractivity contribution < 1.29 is 24.5 Å². The number of hydrogen-bond acceptors (Lipinski definition) is 4. The molecule has 0 saturated heterocycles. The third-order valence-electron chi connectivity index (χ3n) is 2.07. The maximum Gasteiger partial charge on any atom is 0.408 e. The molecule has 0 bridgehead atoms. The predicted octanol–water partition coefficient (Wildman–Crippen LogP) is 0.759. The molecule has 0 aliphatic rings. The second-order valence-corrected chi connectivity index (χ2v) is 4.66. The third kappa shape index (κ3) is 5.35. The molecule has 0 rings (SSSR count). The number of carbonyl (C=O) groups is 2. The summed E-state index contributed by atoms with van der Waals surface area (Å²) < 4.78 is 4.59. The molecule has 0 aromatic heterocycles. The topological polar surface area (TPSA) is 95.9 Å². The molecular formula is C11H19NO5. The van der Waals surface area contributed by atoms with Crippen LogP contribution >= 0.6 is 0 Å². The lowest BCUT2D eigenvalue weighted by molar-refractivity contribution is -0.144. The van der Waals surface area contributed by atoms with E-state index in [0.717, 1.165) is 0 Å². The van der Waals surface area contributed by atoms with Gasteiger partial charge in [0.2, 0.25) is 0 Å². The SMILES string of the molecule is C=CCOC(=O)NC(C(=O)O)C(O)C(C)(C)C. The number of carboxylic acids is 1. The maximum absolute atomic E-state index is 11.2. The van der Waals surface area contributed by atoms with E-state index >= 15 is 0 Å². The Labute approximate surface area is 100 Å². The van der Waals surface area contributed by atoms with Crippen LogP contribution in [0.15, 0.2) is 12.7 Å². The van der Waals surface area contributed by atoms with Gasteiger partial charge in [-0.25, -0.2) is 9.59 Å². The first-order valence-electron chi connectivity index (χ1n) is 5.15. The lowest BCUT2D eigenvalue weighted by Gasteiger charge is -2.30. The van der Waals surface area contributed by atoms with Crippen LogP contribution in [0.2, 0.25) is 0 Å². The molecule has 0 radical (unpaired) electrons. The lowest BCUT2D eigenvalue weighted by atomic mass is 9.84. The molecule has 0 saturated carbocycles. The molecule has 0 aromatic rings. The summed E-state index contributed by atoms with van der Waals surface area (Å²) in [6.45, 7) is 8.34. The number of amides is 1. The van der Waals surface area contributed by atoms with Gasteiger partial charge in [-0.05, 0) is 5.41 Å². The zero-order valence-electron chi connectivity index (χ0n) is 10.3. The minimum absolute atomic E-state index is 0.0240. The van der Waals surface area contributed by atoms with Crippen molar-refractivity contribution in [2.45, 2.75) is 32.9 Å². The smallest absolute Gasteiger partial charge is 0.408 e. The van der Waals surface area contributed by atoms with Crippen LogP contribution in [0.5, 0.6) is 0 Å². The Hall–Kier alpha value is -1.56. The van der Waals surface area contributed by atoms with Gasteiger partial charge in [-0.1, -0.05) is 33.4 Å². The van der Waals surface area contributed by atoms with Crippen molar-refractivity contribution in [2.75, 3.05) is 6.61 Å². The number of aliphatic carboxylic acids is 1. The Bertz CT molecular complexity index is 295. The van der Waals surface area contributed by atoms with E-state index in [1.54, 1.807) is 20.8 Å². The minimum atomic E-state index is -1.41. The fourth-order valence-electron chi connectivity index (χ4n) is 1.08. The standard InChI is InChI=1S/C11H19NO5/c1-5-6-17-10(16)12-7(9(14)15)8(13)11(2,3)4/h5,7-8,13H,1,6H2,2-4H3,(H,12,16)(H,14,15). The van der Waals surface area contributed by atoms with Crippen molar-refractivity contribution in [3.05, 3.63) is 12.7 Å². The molecule has 0 fully saturated rings. The Morgan fingerprint density at radius 3 is 2.35 bits per heavy atom. The van der Waals surface area contributed by atoms with Crippen LogP contribution in [0.25, 0.3) is 0 Å². The van der Waals surface area contributed by atoms with Crippen LogP contribution < -0.4 is 5.32 Å². The molecule has 2 atom stereocenters. The quantitative estimate of drug-likeness (QED) is 0.621. The summed E-state index contributed by atoms with van der Waals surface area (Å²) in [5, 5.41) is 20.8. The number of carboxylic acid groups (broad SMARTS) is 1. The highest BCUT2D eigenvalue weighted by atomic mass is 16.5. The molecule has 6 nitrogen and oxygen atoms in total. The molecule has 0 spiro atoms. The van der Waals surface area contributed by atoms with E-state index in [1.807, 2.05) is 0 Å². The normalized spacial score (nSPS) is 14.6. The van der Waals surface area contributed by atoms with Gasteiger partial charge >= 0.3 is 12.1 Å². The predicted molar refractivity (Wildman–Crippen MR) is 61.6 cm³/mol. The fourth-order valence-corrected chi connectivity index (χ4v) is 1.08. The van der Waals surface area contributed by atoms with Gasteiger partial charge in [-0.15, -0.1) is 0 Å². The van der Waals surface area contributed by atoms with E-state index in [4.69, 9.17) is 5.11 Å². The minimum Gasteiger partial charge on any atom is -0.480 e. The van der Waals surface area contributed by atoms with E-state index in [9.17, 15) is 14.7 Å². The second kappa shape index (κ2) is 6.24. The number of hydrogen-bond donors (Lipinski definition) is 3. The summed E-state index contributed by atoms with van der Waals surface area (Å²) in [6.07, 6.45) is -0.771. The van der Waals surface area contributed by atoms with E-state index in [0.29, 0.717) is 0 Å². The number of nitrogens with one attached hydrogen (secondary N) is 1. The molecule has 3 N–H and O–H groups in total. The first-order chi connectivity index (χ1) is 7.70. The number of alkyl carbamates (subject to hydrolysis) is 1. The van der Waals surface area contributed by atoms with Crippen LogP contribution in [0.1, 0.15) is 20.8 Å². The molecule has 0 heterocycles. The van der Waals surface area contributed by atoms with E-state index in [-0.39, 0.29) is 6.61 Å². The summed E-state index contributed by atoms with van der Waals surface area (Å²) in [4.78, 5) is 22.1. The number of carbonyl (C=O) groups excluding carboxylic acids is 1. The highest BCUT2D eigenvalue weighted by Gasteiger charge is 2.36. The van der Waals surface area contributed by atoms with Crippen molar-refractivity contribution in [2.24, 2.45) is 5.41 Å². The zero-order chi connectivity index (χ0) is 13.6. The largest absolute Gasteiger partial charge is 0.480 e. The molecule has 0 aromatic carbocycles. The van der Waals surface area contributed by atoms with Crippen LogP contribution in [0, 0.1) is 5.41 Å². The molecule has 98 valence electrons. The highest BCUT2D eigenvalue weighted by molar-refractivity contribution is 5.80. The Morgan fingerprint density at radius 2 is 2.00 bits per heavy atom. The average molecular weight is 245 g/mol. The first kappa shape index (κ1) is 15.4. The van der Waals surface area contributed by atoms with Gasteiger partial charge in [-0.3, -0.25) is 0 Å². The molecule has 6 heteroatoms. The number of rotatable bonds is 5. The first-order valence-corrected chi connectivity index (χ1v) is 5.15. The van der Waals surface area contributed by atoms with Crippen LogP contribution in [-0.2, 0) is 9.53 Å². The van der Waals surface area contributed by atoms with E-state index < -0.39 is 29.6 Å².